The first kappa shape index (κ1) is 24.3. The largest absolute Gasteiger partial charge is 0.480 e. The molecular weight excluding hydrogens is 485 g/mol. The van der Waals surface area contributed by atoms with Crippen molar-refractivity contribution in [2.45, 2.75) is 55.4 Å². The molecule has 1 heterocycles. The molecule has 0 saturated heterocycles. The van der Waals surface area contributed by atoms with E-state index in [9.17, 15) is 22.7 Å². The fraction of sp³-hybridized carbons (Fsp3) is 0.348. The number of carboxylic acid groups (broad SMARTS) is 1. The number of carboxylic acids is 1. The zero-order valence-electron chi connectivity index (χ0n) is 18.1. The average molecular weight is 508 g/mol. The Hall–Kier alpha value is -2.82. The van der Waals surface area contributed by atoms with E-state index in [1.54, 1.807) is 0 Å². The predicted octanol–water partition coefficient (Wildman–Crippen LogP) is 4.55. The van der Waals surface area contributed by atoms with Gasteiger partial charge in [0.25, 0.3) is 0 Å². The van der Waals surface area contributed by atoms with Gasteiger partial charge in [0, 0.05) is 10.9 Å². The molecule has 11 heteroatoms. The summed E-state index contributed by atoms with van der Waals surface area (Å²) >= 11 is 5.78. The van der Waals surface area contributed by atoms with Crippen LogP contribution in [0.15, 0.2) is 51.9 Å². The lowest BCUT2D eigenvalue weighted by Crippen LogP contribution is -2.42. The summed E-state index contributed by atoms with van der Waals surface area (Å²) in [6.45, 7) is 0. The van der Waals surface area contributed by atoms with Crippen LogP contribution in [-0.4, -0.2) is 35.7 Å². The number of nitrogens with zero attached hydrogens (tertiary/aromatic N) is 2. The normalized spacial score (nSPS) is 15.8. The highest BCUT2D eigenvalue weighted by Crippen LogP contribution is 2.33. The molecule has 0 radical (unpaired) electrons. The molecule has 34 heavy (non-hydrogen) atoms. The van der Waals surface area contributed by atoms with E-state index in [2.05, 4.69) is 14.9 Å². The molecular formula is C23H23ClFN3O5S. The Morgan fingerprint density at radius 3 is 2.53 bits per heavy atom. The minimum Gasteiger partial charge on any atom is -0.480 e. The van der Waals surface area contributed by atoms with E-state index >= 15 is 0 Å². The highest BCUT2D eigenvalue weighted by molar-refractivity contribution is 7.89. The maximum absolute atomic E-state index is 14.9. The Balaban J connectivity index is 1.49. The van der Waals surface area contributed by atoms with Crippen molar-refractivity contribution in [2.75, 3.05) is 0 Å². The second-order valence-corrected chi connectivity index (χ2v) is 10.4. The summed E-state index contributed by atoms with van der Waals surface area (Å²) in [6.07, 6.45) is 5.03. The lowest BCUT2D eigenvalue weighted by Gasteiger charge is -2.17. The van der Waals surface area contributed by atoms with Crippen LogP contribution >= 0.6 is 11.6 Å². The van der Waals surface area contributed by atoms with E-state index in [1.165, 1.54) is 42.8 Å². The number of aromatic nitrogens is 2. The molecule has 1 saturated carbocycles. The zero-order chi connectivity index (χ0) is 24.3. The predicted molar refractivity (Wildman–Crippen MR) is 122 cm³/mol. The van der Waals surface area contributed by atoms with Gasteiger partial charge in [-0.25, -0.2) is 12.8 Å². The summed E-state index contributed by atoms with van der Waals surface area (Å²) in [7, 11) is -4.13. The van der Waals surface area contributed by atoms with E-state index in [1.807, 2.05) is 0 Å². The number of benzene rings is 2. The van der Waals surface area contributed by atoms with Gasteiger partial charge in [-0.15, -0.1) is 0 Å². The maximum Gasteiger partial charge on any atom is 0.322 e. The summed E-state index contributed by atoms with van der Waals surface area (Å²) in [6, 6.07) is 7.91. The van der Waals surface area contributed by atoms with E-state index in [-0.39, 0.29) is 28.6 Å². The number of carbonyl (C=O) groups is 1. The van der Waals surface area contributed by atoms with Crippen LogP contribution in [-0.2, 0) is 21.2 Å². The van der Waals surface area contributed by atoms with Crippen molar-refractivity contribution in [3.63, 3.8) is 0 Å². The van der Waals surface area contributed by atoms with Gasteiger partial charge in [0.2, 0.25) is 21.7 Å². The Morgan fingerprint density at radius 2 is 1.88 bits per heavy atom. The number of halogens is 2. The highest BCUT2D eigenvalue weighted by atomic mass is 35.5. The Labute approximate surface area is 201 Å². The van der Waals surface area contributed by atoms with Gasteiger partial charge in [0.15, 0.2) is 0 Å². The second kappa shape index (κ2) is 10.2. The van der Waals surface area contributed by atoms with Crippen LogP contribution in [0.2, 0.25) is 5.02 Å². The molecule has 0 spiro atoms. The molecule has 1 aliphatic carbocycles. The zero-order valence-corrected chi connectivity index (χ0v) is 19.7. The van der Waals surface area contributed by atoms with Gasteiger partial charge in [-0.05, 0) is 61.2 Å². The fourth-order valence-corrected chi connectivity index (χ4v) is 5.33. The van der Waals surface area contributed by atoms with Crippen LogP contribution in [0.4, 0.5) is 4.39 Å². The first-order chi connectivity index (χ1) is 16.2. The van der Waals surface area contributed by atoms with Crippen LogP contribution in [0, 0.1) is 5.82 Å². The van der Waals surface area contributed by atoms with Gasteiger partial charge >= 0.3 is 5.97 Å². The molecule has 4 rings (SSSR count). The third kappa shape index (κ3) is 5.63. The average Bonchev–Trinajstić information content (AvgIpc) is 3.29. The number of hydrogen-bond acceptors (Lipinski definition) is 6. The molecule has 1 aliphatic rings. The minimum atomic E-state index is -4.13. The highest BCUT2D eigenvalue weighted by Gasteiger charge is 2.27. The SMILES string of the molecule is O=C(O)C(Cc1ccc(-c2noc(C3CCCCC3)n2)c(F)c1)NS(=O)(=O)c1ccc(Cl)cc1. The molecule has 2 N–H and O–H groups in total. The molecule has 1 unspecified atom stereocenters. The molecule has 0 aliphatic heterocycles. The van der Waals surface area contributed by atoms with E-state index in [4.69, 9.17) is 16.1 Å². The molecule has 0 bridgehead atoms. The standard InChI is InChI=1S/C23H23ClFN3O5S/c24-16-7-9-17(10-8-16)34(31,32)28-20(23(29)30)13-14-6-11-18(19(25)12-14)21-26-22(33-27-21)15-4-2-1-3-5-15/h6-12,15,20,28H,1-5,13H2,(H,29,30). The summed E-state index contributed by atoms with van der Waals surface area (Å²) in [5, 5.41) is 13.8. The Kier molecular flexibility index (Phi) is 7.30. The number of aliphatic carboxylic acids is 1. The van der Waals surface area contributed by atoms with Crippen LogP contribution in [0.1, 0.15) is 49.5 Å². The monoisotopic (exact) mass is 507 g/mol. The lowest BCUT2D eigenvalue weighted by atomic mass is 9.89. The molecule has 1 aromatic heterocycles. The molecule has 3 aromatic rings. The van der Waals surface area contributed by atoms with Crippen molar-refractivity contribution in [1.29, 1.82) is 0 Å². The number of sulfonamides is 1. The molecule has 0 amide bonds. The smallest absolute Gasteiger partial charge is 0.322 e. The van der Waals surface area contributed by atoms with Gasteiger partial charge in [0.1, 0.15) is 11.9 Å². The molecule has 8 nitrogen and oxygen atoms in total. The molecule has 2 aromatic carbocycles. The van der Waals surface area contributed by atoms with Gasteiger partial charge in [-0.3, -0.25) is 4.79 Å². The summed E-state index contributed by atoms with van der Waals surface area (Å²) in [5.41, 5.74) is 0.423. The van der Waals surface area contributed by atoms with Gasteiger partial charge < -0.3 is 9.63 Å². The molecule has 180 valence electrons. The first-order valence-corrected chi connectivity index (χ1v) is 12.7. The third-order valence-corrected chi connectivity index (χ3v) is 7.57. The maximum atomic E-state index is 14.9. The van der Waals surface area contributed by atoms with Crippen LogP contribution in [0.25, 0.3) is 11.4 Å². The summed E-state index contributed by atoms with van der Waals surface area (Å²) in [4.78, 5) is 15.9. The lowest BCUT2D eigenvalue weighted by molar-refractivity contribution is -0.138. The van der Waals surface area contributed by atoms with E-state index < -0.39 is 27.9 Å². The molecule has 1 fully saturated rings. The van der Waals surface area contributed by atoms with E-state index in [0.717, 1.165) is 31.7 Å². The van der Waals surface area contributed by atoms with Crippen LogP contribution < -0.4 is 4.72 Å². The van der Waals surface area contributed by atoms with Gasteiger partial charge in [-0.1, -0.05) is 42.1 Å². The quantitative estimate of drug-likeness (QED) is 0.458. The van der Waals surface area contributed by atoms with E-state index in [0.29, 0.717) is 16.5 Å². The third-order valence-electron chi connectivity index (χ3n) is 5.83. The topological polar surface area (TPSA) is 122 Å². The van der Waals surface area contributed by atoms with Crippen molar-refractivity contribution in [2.24, 2.45) is 0 Å². The first-order valence-electron chi connectivity index (χ1n) is 10.9. The summed E-state index contributed by atoms with van der Waals surface area (Å²) < 4.78 is 47.5. The second-order valence-electron chi connectivity index (χ2n) is 8.28. The Morgan fingerprint density at radius 1 is 1.18 bits per heavy atom. The Bertz CT molecular complexity index is 1270. The minimum absolute atomic E-state index is 0.128. The van der Waals surface area contributed by atoms with Crippen molar-refractivity contribution in [3.8, 4) is 11.4 Å². The van der Waals surface area contributed by atoms with Gasteiger partial charge in [0.05, 0.1) is 10.5 Å². The van der Waals surface area contributed by atoms with Crippen molar-refractivity contribution in [1.82, 2.24) is 14.9 Å². The van der Waals surface area contributed by atoms with Crippen LogP contribution in [0.3, 0.4) is 0 Å². The fourth-order valence-electron chi connectivity index (χ4n) is 4.01. The van der Waals surface area contributed by atoms with Crippen molar-refractivity contribution < 1.29 is 27.2 Å². The van der Waals surface area contributed by atoms with Crippen molar-refractivity contribution >= 4 is 27.6 Å². The van der Waals surface area contributed by atoms with Crippen molar-refractivity contribution in [3.05, 3.63) is 64.8 Å². The number of nitrogens with one attached hydrogen (secondary N) is 1. The number of rotatable bonds is 8. The summed E-state index contributed by atoms with van der Waals surface area (Å²) in [5.74, 6) is -1.23. The van der Waals surface area contributed by atoms with Gasteiger partial charge in [-0.2, -0.15) is 9.71 Å². The van der Waals surface area contributed by atoms with Crippen LogP contribution in [0.5, 0.6) is 0 Å². The number of hydrogen-bond donors (Lipinski definition) is 2. The molecule has 1 atom stereocenters.